The number of benzene rings is 1. The molecule has 2 aromatic heterocycles. The summed E-state index contributed by atoms with van der Waals surface area (Å²) >= 11 is 0. The lowest BCUT2D eigenvalue weighted by atomic mass is 10.1. The fourth-order valence-corrected chi connectivity index (χ4v) is 2.35. The van der Waals surface area contributed by atoms with Crippen LogP contribution in [0.15, 0.2) is 55.0 Å². The lowest BCUT2D eigenvalue weighted by molar-refractivity contribution is 0.846. The fourth-order valence-electron chi connectivity index (χ4n) is 2.35. The van der Waals surface area contributed by atoms with Gasteiger partial charge in [-0.2, -0.15) is 5.10 Å². The molecule has 1 aromatic carbocycles. The van der Waals surface area contributed by atoms with Gasteiger partial charge in [-0.25, -0.2) is 9.67 Å². The maximum Gasteiger partial charge on any atom is 0.176 e. The second-order valence-corrected chi connectivity index (χ2v) is 5.11. The van der Waals surface area contributed by atoms with E-state index < -0.39 is 0 Å². The molecule has 1 N–H and O–H groups in total. The number of hydrogen-bond acceptors (Lipinski definition) is 3. The van der Waals surface area contributed by atoms with Gasteiger partial charge < -0.3 is 5.32 Å². The highest BCUT2D eigenvalue weighted by atomic mass is 15.3. The van der Waals surface area contributed by atoms with Crippen LogP contribution in [-0.2, 0) is 6.54 Å². The Labute approximate surface area is 124 Å². The molecule has 0 aliphatic heterocycles. The highest BCUT2D eigenvalue weighted by Gasteiger charge is 2.06. The third-order valence-corrected chi connectivity index (χ3v) is 3.48. The molecule has 21 heavy (non-hydrogen) atoms. The van der Waals surface area contributed by atoms with E-state index in [0.717, 1.165) is 18.1 Å². The lowest BCUT2D eigenvalue weighted by Gasteiger charge is -2.12. The molecule has 3 aromatic rings. The number of aromatic nitrogens is 3. The Morgan fingerprint density at radius 1 is 1.10 bits per heavy atom. The average Bonchev–Trinajstić information content (AvgIpc) is 3.01. The van der Waals surface area contributed by atoms with Crippen LogP contribution in [0.2, 0.25) is 0 Å². The van der Waals surface area contributed by atoms with Gasteiger partial charge in [-0.05, 0) is 43.2 Å². The average molecular weight is 278 g/mol. The summed E-state index contributed by atoms with van der Waals surface area (Å²) in [5, 5.41) is 7.70. The molecule has 0 unspecified atom stereocenters. The van der Waals surface area contributed by atoms with Gasteiger partial charge in [-0.15, -0.1) is 0 Å². The standard InChI is InChI=1S/C17H18N4/c1-13-6-7-15(14(2)11-13)12-19-16-5-3-8-18-17(16)21-10-4-9-20-21/h3-11,19H,12H2,1-2H3. The van der Waals surface area contributed by atoms with E-state index in [1.165, 1.54) is 16.7 Å². The molecule has 0 bridgehead atoms. The molecule has 0 amide bonds. The van der Waals surface area contributed by atoms with Crippen molar-refractivity contribution in [2.75, 3.05) is 5.32 Å². The molecule has 0 radical (unpaired) electrons. The molecular weight excluding hydrogens is 260 g/mol. The Morgan fingerprint density at radius 2 is 2.00 bits per heavy atom. The topological polar surface area (TPSA) is 42.7 Å². The molecule has 0 aliphatic carbocycles. The summed E-state index contributed by atoms with van der Waals surface area (Å²) < 4.78 is 1.77. The van der Waals surface area contributed by atoms with E-state index in [4.69, 9.17) is 0 Å². The number of pyridine rings is 1. The molecule has 3 rings (SSSR count). The minimum atomic E-state index is 0.770. The van der Waals surface area contributed by atoms with Crippen molar-refractivity contribution in [2.24, 2.45) is 0 Å². The first kappa shape index (κ1) is 13.4. The number of aryl methyl sites for hydroxylation is 2. The van der Waals surface area contributed by atoms with Crippen molar-refractivity contribution in [3.05, 3.63) is 71.7 Å². The number of hydrogen-bond donors (Lipinski definition) is 1. The summed E-state index contributed by atoms with van der Waals surface area (Å²) in [6.07, 6.45) is 5.42. The fraction of sp³-hybridized carbons (Fsp3) is 0.176. The number of nitrogens with zero attached hydrogens (tertiary/aromatic N) is 3. The molecule has 106 valence electrons. The zero-order chi connectivity index (χ0) is 14.7. The third-order valence-electron chi connectivity index (χ3n) is 3.48. The summed E-state index contributed by atoms with van der Waals surface area (Å²) in [5.41, 5.74) is 4.85. The maximum atomic E-state index is 4.41. The normalized spacial score (nSPS) is 10.6. The van der Waals surface area contributed by atoms with E-state index in [1.807, 2.05) is 24.4 Å². The van der Waals surface area contributed by atoms with E-state index in [-0.39, 0.29) is 0 Å². The first-order valence-electron chi connectivity index (χ1n) is 6.99. The van der Waals surface area contributed by atoms with Crippen LogP contribution in [0.4, 0.5) is 5.69 Å². The predicted molar refractivity (Wildman–Crippen MR) is 84.6 cm³/mol. The molecule has 0 saturated carbocycles. The molecule has 0 aliphatic rings. The van der Waals surface area contributed by atoms with Crippen molar-refractivity contribution in [3.63, 3.8) is 0 Å². The van der Waals surface area contributed by atoms with Crippen LogP contribution in [0, 0.1) is 13.8 Å². The molecule has 4 heteroatoms. The van der Waals surface area contributed by atoms with E-state index in [2.05, 4.69) is 47.4 Å². The molecule has 0 fully saturated rings. The summed E-state index contributed by atoms with van der Waals surface area (Å²) in [5.74, 6) is 0.812. The van der Waals surface area contributed by atoms with Crippen molar-refractivity contribution in [2.45, 2.75) is 20.4 Å². The van der Waals surface area contributed by atoms with Crippen LogP contribution in [0.3, 0.4) is 0 Å². The monoisotopic (exact) mass is 278 g/mol. The molecule has 0 atom stereocenters. The van der Waals surface area contributed by atoms with Crippen molar-refractivity contribution in [1.82, 2.24) is 14.8 Å². The number of nitrogens with one attached hydrogen (secondary N) is 1. The van der Waals surface area contributed by atoms with E-state index in [0.29, 0.717) is 0 Å². The Morgan fingerprint density at radius 3 is 2.76 bits per heavy atom. The van der Waals surface area contributed by atoms with Gasteiger partial charge in [0.2, 0.25) is 0 Å². The van der Waals surface area contributed by atoms with Crippen LogP contribution in [0.5, 0.6) is 0 Å². The summed E-state index contributed by atoms with van der Waals surface area (Å²) in [6.45, 7) is 5.02. The Bertz CT molecular complexity index is 732. The van der Waals surface area contributed by atoms with Gasteiger partial charge in [0, 0.05) is 25.1 Å². The van der Waals surface area contributed by atoms with Crippen LogP contribution < -0.4 is 5.32 Å². The van der Waals surface area contributed by atoms with Gasteiger partial charge in [0.1, 0.15) is 0 Å². The van der Waals surface area contributed by atoms with Gasteiger partial charge in [-0.1, -0.05) is 23.8 Å². The Kier molecular flexibility index (Phi) is 3.69. The predicted octanol–water partition coefficient (Wildman–Crippen LogP) is 3.50. The van der Waals surface area contributed by atoms with Gasteiger partial charge in [-0.3, -0.25) is 0 Å². The number of rotatable bonds is 4. The quantitative estimate of drug-likeness (QED) is 0.794. The largest absolute Gasteiger partial charge is 0.378 e. The van der Waals surface area contributed by atoms with Gasteiger partial charge in [0.15, 0.2) is 5.82 Å². The molecule has 2 heterocycles. The third kappa shape index (κ3) is 2.94. The van der Waals surface area contributed by atoms with Crippen LogP contribution >= 0.6 is 0 Å². The zero-order valence-corrected chi connectivity index (χ0v) is 12.2. The van der Waals surface area contributed by atoms with Crippen molar-refractivity contribution in [1.29, 1.82) is 0 Å². The van der Waals surface area contributed by atoms with Crippen molar-refractivity contribution >= 4 is 5.69 Å². The van der Waals surface area contributed by atoms with Gasteiger partial charge in [0.25, 0.3) is 0 Å². The summed E-state index contributed by atoms with van der Waals surface area (Å²) in [4.78, 5) is 4.41. The summed E-state index contributed by atoms with van der Waals surface area (Å²) in [6, 6.07) is 12.4. The minimum Gasteiger partial charge on any atom is -0.378 e. The number of anilines is 1. The zero-order valence-electron chi connectivity index (χ0n) is 12.2. The highest BCUT2D eigenvalue weighted by Crippen LogP contribution is 2.18. The van der Waals surface area contributed by atoms with Crippen LogP contribution in [-0.4, -0.2) is 14.8 Å². The minimum absolute atomic E-state index is 0.770. The SMILES string of the molecule is Cc1ccc(CNc2cccnc2-n2cccn2)c(C)c1. The second kappa shape index (κ2) is 5.79. The van der Waals surface area contributed by atoms with Gasteiger partial charge >= 0.3 is 0 Å². The molecule has 0 spiro atoms. The first-order valence-corrected chi connectivity index (χ1v) is 6.99. The van der Waals surface area contributed by atoms with Crippen LogP contribution in [0.1, 0.15) is 16.7 Å². The lowest BCUT2D eigenvalue weighted by Crippen LogP contribution is -2.07. The van der Waals surface area contributed by atoms with Gasteiger partial charge in [0.05, 0.1) is 5.69 Å². The van der Waals surface area contributed by atoms with E-state index in [9.17, 15) is 0 Å². The van der Waals surface area contributed by atoms with Crippen molar-refractivity contribution < 1.29 is 0 Å². The maximum absolute atomic E-state index is 4.41. The second-order valence-electron chi connectivity index (χ2n) is 5.11. The highest BCUT2D eigenvalue weighted by molar-refractivity contribution is 5.56. The van der Waals surface area contributed by atoms with Crippen LogP contribution in [0.25, 0.3) is 5.82 Å². The first-order chi connectivity index (χ1) is 10.2. The van der Waals surface area contributed by atoms with E-state index >= 15 is 0 Å². The smallest absolute Gasteiger partial charge is 0.176 e. The van der Waals surface area contributed by atoms with E-state index in [1.54, 1.807) is 17.1 Å². The Hall–Kier alpha value is -2.62. The van der Waals surface area contributed by atoms with Crippen molar-refractivity contribution in [3.8, 4) is 5.82 Å². The molecule has 0 saturated heterocycles. The molecular formula is C17H18N4. The Balaban J connectivity index is 1.83. The molecule has 4 nitrogen and oxygen atoms in total. The summed E-state index contributed by atoms with van der Waals surface area (Å²) in [7, 11) is 0.